The molecule has 0 spiro atoms. The van der Waals surface area contributed by atoms with Crippen molar-refractivity contribution in [3.05, 3.63) is 33.9 Å². The maximum absolute atomic E-state index is 12.6. The number of nitro groups is 1. The van der Waals surface area contributed by atoms with Crippen molar-refractivity contribution in [2.24, 2.45) is 5.73 Å². The van der Waals surface area contributed by atoms with Gasteiger partial charge in [-0.05, 0) is 25.3 Å². The highest BCUT2D eigenvalue weighted by Crippen LogP contribution is 2.29. The fourth-order valence-electron chi connectivity index (χ4n) is 2.47. The molecule has 1 aromatic rings. The number of hydrogen-bond donors (Lipinski definition) is 1. The largest absolute Gasteiger partial charge is 0.329 e. The SMILES string of the molecule is Cc1ccc([N+](=O)[O-])cc1S(=O)(=O)N1CCCC1CN. The van der Waals surface area contributed by atoms with Crippen molar-refractivity contribution < 1.29 is 13.3 Å². The highest BCUT2D eigenvalue weighted by Gasteiger charge is 2.35. The van der Waals surface area contributed by atoms with Crippen LogP contribution in [-0.4, -0.2) is 36.8 Å². The molecule has 8 heteroatoms. The number of nitrogens with two attached hydrogens (primary N) is 1. The second kappa shape index (κ2) is 5.47. The fourth-order valence-corrected chi connectivity index (χ4v) is 4.42. The number of nitrogens with zero attached hydrogens (tertiary/aromatic N) is 2. The highest BCUT2D eigenvalue weighted by atomic mass is 32.2. The number of rotatable bonds is 4. The molecule has 1 aromatic carbocycles. The molecule has 7 nitrogen and oxygen atoms in total. The van der Waals surface area contributed by atoms with Crippen LogP contribution in [0.4, 0.5) is 5.69 Å². The molecule has 110 valence electrons. The molecule has 1 heterocycles. The highest BCUT2D eigenvalue weighted by molar-refractivity contribution is 7.89. The molecule has 0 aromatic heterocycles. The summed E-state index contributed by atoms with van der Waals surface area (Å²) in [7, 11) is -3.74. The van der Waals surface area contributed by atoms with Crippen molar-refractivity contribution in [1.29, 1.82) is 0 Å². The first-order chi connectivity index (χ1) is 9.37. The summed E-state index contributed by atoms with van der Waals surface area (Å²) in [4.78, 5) is 10.2. The summed E-state index contributed by atoms with van der Waals surface area (Å²) < 4.78 is 26.7. The van der Waals surface area contributed by atoms with Crippen LogP contribution < -0.4 is 5.73 Å². The number of nitro benzene ring substituents is 1. The summed E-state index contributed by atoms with van der Waals surface area (Å²) >= 11 is 0. The van der Waals surface area contributed by atoms with Crippen LogP contribution in [0.15, 0.2) is 23.1 Å². The maximum Gasteiger partial charge on any atom is 0.270 e. The molecule has 20 heavy (non-hydrogen) atoms. The van der Waals surface area contributed by atoms with Gasteiger partial charge in [0.2, 0.25) is 10.0 Å². The van der Waals surface area contributed by atoms with Crippen molar-refractivity contribution in [3.8, 4) is 0 Å². The van der Waals surface area contributed by atoms with E-state index in [4.69, 9.17) is 5.73 Å². The zero-order valence-corrected chi connectivity index (χ0v) is 12.0. The molecule has 1 fully saturated rings. The molecule has 0 bridgehead atoms. The van der Waals surface area contributed by atoms with Gasteiger partial charge in [-0.3, -0.25) is 10.1 Å². The lowest BCUT2D eigenvalue weighted by atomic mass is 10.2. The normalized spacial score (nSPS) is 20.2. The zero-order valence-electron chi connectivity index (χ0n) is 11.2. The van der Waals surface area contributed by atoms with Crippen LogP contribution in [0.2, 0.25) is 0 Å². The van der Waals surface area contributed by atoms with Crippen LogP contribution in [0.1, 0.15) is 18.4 Å². The lowest BCUT2D eigenvalue weighted by Gasteiger charge is -2.23. The topological polar surface area (TPSA) is 107 Å². The summed E-state index contributed by atoms with van der Waals surface area (Å²) in [6.07, 6.45) is 1.48. The zero-order chi connectivity index (χ0) is 14.9. The van der Waals surface area contributed by atoms with E-state index in [1.54, 1.807) is 6.92 Å². The van der Waals surface area contributed by atoms with Crippen molar-refractivity contribution >= 4 is 15.7 Å². The van der Waals surface area contributed by atoms with Crippen LogP contribution >= 0.6 is 0 Å². The molecule has 1 aliphatic rings. The van der Waals surface area contributed by atoms with Crippen LogP contribution in [-0.2, 0) is 10.0 Å². The van der Waals surface area contributed by atoms with E-state index >= 15 is 0 Å². The first kappa shape index (κ1) is 14.9. The molecule has 1 aliphatic heterocycles. The first-order valence-electron chi connectivity index (χ1n) is 6.35. The van der Waals surface area contributed by atoms with Gasteiger partial charge >= 0.3 is 0 Å². The Labute approximate surface area is 117 Å². The van der Waals surface area contributed by atoms with Gasteiger partial charge in [0.15, 0.2) is 0 Å². The molecule has 2 rings (SSSR count). The van der Waals surface area contributed by atoms with E-state index in [2.05, 4.69) is 0 Å². The Bertz CT molecular complexity index is 630. The summed E-state index contributed by atoms with van der Waals surface area (Å²) in [5.74, 6) is 0. The van der Waals surface area contributed by atoms with Gasteiger partial charge in [-0.2, -0.15) is 4.31 Å². The van der Waals surface area contributed by atoms with Crippen molar-refractivity contribution in [2.75, 3.05) is 13.1 Å². The Kier molecular flexibility index (Phi) is 4.07. The standard InChI is InChI=1S/C12H17N3O4S/c1-9-4-5-10(15(16)17)7-12(9)20(18,19)14-6-2-3-11(14)8-13/h4-5,7,11H,2-3,6,8,13H2,1H3. The van der Waals surface area contributed by atoms with Crippen LogP contribution in [0.3, 0.4) is 0 Å². The second-order valence-electron chi connectivity index (χ2n) is 4.85. The molecule has 0 saturated carbocycles. The third-order valence-electron chi connectivity index (χ3n) is 3.56. The second-order valence-corrected chi connectivity index (χ2v) is 6.71. The van der Waals surface area contributed by atoms with E-state index in [1.807, 2.05) is 0 Å². The van der Waals surface area contributed by atoms with Gasteiger partial charge in [-0.1, -0.05) is 6.07 Å². The number of aryl methyl sites for hydroxylation is 1. The smallest absolute Gasteiger partial charge is 0.270 e. The monoisotopic (exact) mass is 299 g/mol. The van der Waals surface area contributed by atoms with Gasteiger partial charge in [0.25, 0.3) is 5.69 Å². The van der Waals surface area contributed by atoms with E-state index in [9.17, 15) is 18.5 Å². The number of non-ortho nitro benzene ring substituents is 1. The first-order valence-corrected chi connectivity index (χ1v) is 7.79. The van der Waals surface area contributed by atoms with Crippen LogP contribution in [0.25, 0.3) is 0 Å². The number of benzene rings is 1. The third-order valence-corrected chi connectivity index (χ3v) is 5.66. The molecular formula is C12H17N3O4S. The van der Waals surface area contributed by atoms with E-state index in [0.717, 1.165) is 18.9 Å². The summed E-state index contributed by atoms with van der Waals surface area (Å²) in [5, 5.41) is 10.8. The molecule has 0 radical (unpaired) electrons. The Balaban J connectivity index is 2.48. The van der Waals surface area contributed by atoms with E-state index in [-0.39, 0.29) is 23.2 Å². The van der Waals surface area contributed by atoms with Crippen LogP contribution in [0.5, 0.6) is 0 Å². The van der Waals surface area contributed by atoms with Gasteiger partial charge in [0.1, 0.15) is 0 Å². The molecule has 1 unspecified atom stereocenters. The lowest BCUT2D eigenvalue weighted by Crippen LogP contribution is -2.40. The Morgan fingerprint density at radius 1 is 1.50 bits per heavy atom. The van der Waals surface area contributed by atoms with E-state index < -0.39 is 14.9 Å². The molecule has 0 aliphatic carbocycles. The van der Waals surface area contributed by atoms with Gasteiger partial charge < -0.3 is 5.73 Å². The van der Waals surface area contributed by atoms with Crippen LogP contribution in [0, 0.1) is 17.0 Å². The molecule has 1 saturated heterocycles. The average Bonchev–Trinajstić information content (AvgIpc) is 2.87. The number of sulfonamides is 1. The van der Waals surface area contributed by atoms with E-state index in [1.165, 1.54) is 16.4 Å². The summed E-state index contributed by atoms with van der Waals surface area (Å²) in [6.45, 7) is 2.30. The quantitative estimate of drug-likeness (QED) is 0.659. The van der Waals surface area contributed by atoms with Gasteiger partial charge in [0.05, 0.1) is 9.82 Å². The predicted molar refractivity (Wildman–Crippen MR) is 73.8 cm³/mol. The summed E-state index contributed by atoms with van der Waals surface area (Å²) in [5.41, 5.74) is 5.87. The van der Waals surface area contributed by atoms with Gasteiger partial charge in [-0.15, -0.1) is 0 Å². The lowest BCUT2D eigenvalue weighted by molar-refractivity contribution is -0.385. The Hall–Kier alpha value is -1.51. The minimum Gasteiger partial charge on any atom is -0.329 e. The van der Waals surface area contributed by atoms with Crippen molar-refractivity contribution in [3.63, 3.8) is 0 Å². The van der Waals surface area contributed by atoms with Gasteiger partial charge in [0, 0.05) is 31.3 Å². The molecule has 1 atom stereocenters. The Morgan fingerprint density at radius 3 is 2.80 bits per heavy atom. The predicted octanol–water partition coefficient (Wildman–Crippen LogP) is 1.02. The molecule has 0 amide bonds. The van der Waals surface area contributed by atoms with Crippen molar-refractivity contribution in [1.82, 2.24) is 4.31 Å². The summed E-state index contributed by atoms with van der Waals surface area (Å²) in [6, 6.07) is 3.66. The van der Waals surface area contributed by atoms with E-state index in [0.29, 0.717) is 12.1 Å². The Morgan fingerprint density at radius 2 is 2.20 bits per heavy atom. The fraction of sp³-hybridized carbons (Fsp3) is 0.500. The number of hydrogen-bond acceptors (Lipinski definition) is 5. The minimum atomic E-state index is -3.74. The minimum absolute atomic E-state index is 0.00736. The molecular weight excluding hydrogens is 282 g/mol. The average molecular weight is 299 g/mol. The third kappa shape index (κ3) is 2.54. The molecule has 2 N–H and O–H groups in total. The van der Waals surface area contributed by atoms with Gasteiger partial charge in [-0.25, -0.2) is 8.42 Å². The van der Waals surface area contributed by atoms with Crippen molar-refractivity contribution in [2.45, 2.75) is 30.7 Å². The maximum atomic E-state index is 12.6.